The number of hydrogen-bond donors (Lipinski definition) is 4. The zero-order chi connectivity index (χ0) is 7.71. The number of hydrogen-bond acceptors (Lipinski definition) is 2. The van der Waals surface area contributed by atoms with Crippen molar-refractivity contribution in [2.45, 2.75) is 0 Å². The minimum absolute atomic E-state index is 0. The van der Waals surface area contributed by atoms with Gasteiger partial charge < -0.3 is 19.6 Å². The van der Waals surface area contributed by atoms with Gasteiger partial charge in [-0.05, 0) is 0 Å². The standard InChI is InChI=1S/CH6O6P2.4ClH/c2-8(3,4)1-9(5,6)7;;;;/h1H2,(H2,2,3,4)(H2,5,6,7);4*1H. The van der Waals surface area contributed by atoms with Crippen molar-refractivity contribution < 1.29 is 28.7 Å². The SMILES string of the molecule is Cl.Cl.Cl.Cl.O=P(O)(O)CP(=O)(O)O. The normalized spacial score (nSPS) is 9.54. The van der Waals surface area contributed by atoms with Crippen molar-refractivity contribution in [3.63, 3.8) is 0 Å². The molecule has 0 aromatic rings. The lowest BCUT2D eigenvalue weighted by Gasteiger charge is -2.03. The summed E-state index contributed by atoms with van der Waals surface area (Å²) in [6, 6.07) is 0. The molecule has 0 unspecified atom stereocenters. The lowest BCUT2D eigenvalue weighted by Crippen LogP contribution is -1.88. The summed E-state index contributed by atoms with van der Waals surface area (Å²) >= 11 is 0. The van der Waals surface area contributed by atoms with Crippen LogP contribution < -0.4 is 0 Å². The van der Waals surface area contributed by atoms with Crippen molar-refractivity contribution >= 4 is 64.8 Å². The molecule has 0 saturated carbocycles. The van der Waals surface area contributed by atoms with Crippen LogP contribution in [0.2, 0.25) is 0 Å². The van der Waals surface area contributed by atoms with Crippen LogP contribution in [0.5, 0.6) is 0 Å². The van der Waals surface area contributed by atoms with Crippen LogP contribution in [0.4, 0.5) is 0 Å². The van der Waals surface area contributed by atoms with Crippen LogP contribution in [0.15, 0.2) is 0 Å². The largest absolute Gasteiger partial charge is 0.337 e. The second-order valence-electron chi connectivity index (χ2n) is 1.47. The highest BCUT2D eigenvalue weighted by Crippen LogP contribution is 2.51. The van der Waals surface area contributed by atoms with Gasteiger partial charge in [-0.15, -0.1) is 49.6 Å². The van der Waals surface area contributed by atoms with Crippen LogP contribution in [0, 0.1) is 0 Å². The maximum Gasteiger partial charge on any atom is 0.337 e. The predicted molar refractivity (Wildman–Crippen MR) is 57.9 cm³/mol. The Bertz CT molecular complexity index is 163. The van der Waals surface area contributed by atoms with Gasteiger partial charge in [0.25, 0.3) is 0 Å². The molecule has 4 N–H and O–H groups in total. The first kappa shape index (κ1) is 29.3. The molecule has 0 spiro atoms. The highest BCUT2D eigenvalue weighted by Gasteiger charge is 2.26. The maximum absolute atomic E-state index is 9.85. The minimum atomic E-state index is -4.55. The molecular formula is CH10Cl4O6P2. The molecular weight excluding hydrogens is 312 g/mol. The van der Waals surface area contributed by atoms with Gasteiger partial charge in [0.15, 0.2) is 5.90 Å². The van der Waals surface area contributed by atoms with Crippen LogP contribution in [-0.4, -0.2) is 25.5 Å². The lowest BCUT2D eigenvalue weighted by molar-refractivity contribution is 0.357. The first-order valence-corrected chi connectivity index (χ1v) is 5.39. The third kappa shape index (κ3) is 31.8. The van der Waals surface area contributed by atoms with Crippen molar-refractivity contribution in [2.24, 2.45) is 0 Å². The Morgan fingerprint density at radius 3 is 0.846 bits per heavy atom. The van der Waals surface area contributed by atoms with Crippen molar-refractivity contribution in [3.8, 4) is 0 Å². The molecule has 0 aromatic heterocycles. The summed E-state index contributed by atoms with van der Waals surface area (Å²) in [5, 5.41) is 0. The van der Waals surface area contributed by atoms with Gasteiger partial charge in [0.1, 0.15) is 0 Å². The van der Waals surface area contributed by atoms with E-state index in [4.69, 9.17) is 19.6 Å². The van der Waals surface area contributed by atoms with Gasteiger partial charge in [-0.1, -0.05) is 0 Å². The molecule has 0 saturated heterocycles. The van der Waals surface area contributed by atoms with E-state index in [2.05, 4.69) is 0 Å². The molecule has 0 aliphatic carbocycles. The van der Waals surface area contributed by atoms with E-state index in [-0.39, 0.29) is 49.6 Å². The fourth-order valence-corrected chi connectivity index (χ4v) is 2.16. The van der Waals surface area contributed by atoms with Gasteiger partial charge in [0, 0.05) is 0 Å². The first-order valence-electron chi connectivity index (χ1n) is 1.80. The van der Waals surface area contributed by atoms with E-state index < -0.39 is 21.1 Å². The summed E-state index contributed by atoms with van der Waals surface area (Å²) in [7, 11) is -9.10. The Hall–Kier alpha value is 1.46. The summed E-state index contributed by atoms with van der Waals surface area (Å²) in [5.74, 6) is -1.38. The first-order chi connectivity index (χ1) is 3.71. The molecule has 0 rings (SSSR count). The molecule has 0 atom stereocenters. The second kappa shape index (κ2) is 9.99. The zero-order valence-electron chi connectivity index (χ0n) is 5.84. The molecule has 0 amide bonds. The Balaban J connectivity index is -0.0000000533. The molecule has 0 aromatic carbocycles. The topological polar surface area (TPSA) is 115 Å². The van der Waals surface area contributed by atoms with E-state index >= 15 is 0 Å². The summed E-state index contributed by atoms with van der Waals surface area (Å²) in [4.78, 5) is 31.9. The Labute approximate surface area is 99.5 Å². The molecule has 0 aliphatic heterocycles. The Kier molecular flexibility index (Phi) is 22.5. The molecule has 0 fully saturated rings. The van der Waals surface area contributed by atoms with Gasteiger partial charge in [-0.3, -0.25) is 9.13 Å². The minimum Gasteiger partial charge on any atom is -0.324 e. The highest BCUT2D eigenvalue weighted by molar-refractivity contribution is 7.69. The zero-order valence-corrected chi connectivity index (χ0v) is 10.9. The van der Waals surface area contributed by atoms with Crippen LogP contribution in [0.3, 0.4) is 0 Å². The Morgan fingerprint density at radius 2 is 0.846 bits per heavy atom. The summed E-state index contributed by atoms with van der Waals surface area (Å²) in [6.45, 7) is 0. The smallest absolute Gasteiger partial charge is 0.324 e. The van der Waals surface area contributed by atoms with Gasteiger partial charge in [0.2, 0.25) is 0 Å². The molecule has 0 heterocycles. The van der Waals surface area contributed by atoms with E-state index in [9.17, 15) is 9.13 Å². The summed E-state index contributed by atoms with van der Waals surface area (Å²) in [6.07, 6.45) is 0. The van der Waals surface area contributed by atoms with Crippen molar-refractivity contribution in [3.05, 3.63) is 0 Å². The average Bonchev–Trinajstić information content (AvgIpc) is 1.14. The average molecular weight is 322 g/mol. The van der Waals surface area contributed by atoms with E-state index in [1.165, 1.54) is 0 Å². The number of halogens is 4. The molecule has 13 heavy (non-hydrogen) atoms. The maximum atomic E-state index is 9.85. The van der Waals surface area contributed by atoms with Crippen LogP contribution >= 0.6 is 64.8 Å². The van der Waals surface area contributed by atoms with Crippen LogP contribution in [-0.2, 0) is 9.13 Å². The molecule has 0 aliphatic rings. The highest BCUT2D eigenvalue weighted by atomic mass is 35.5. The Morgan fingerprint density at radius 1 is 0.692 bits per heavy atom. The number of rotatable bonds is 2. The van der Waals surface area contributed by atoms with Crippen molar-refractivity contribution in [1.29, 1.82) is 0 Å². The molecule has 0 bridgehead atoms. The second-order valence-corrected chi connectivity index (χ2v) is 5.26. The van der Waals surface area contributed by atoms with Crippen LogP contribution in [0.1, 0.15) is 0 Å². The van der Waals surface area contributed by atoms with E-state index in [1.807, 2.05) is 0 Å². The third-order valence-corrected chi connectivity index (χ3v) is 3.32. The van der Waals surface area contributed by atoms with Gasteiger partial charge in [0.05, 0.1) is 0 Å². The predicted octanol–water partition coefficient (Wildman–Crippen LogP) is 0.987. The molecule has 88 valence electrons. The fraction of sp³-hybridized carbons (Fsp3) is 1.00. The van der Waals surface area contributed by atoms with Gasteiger partial charge in [-0.2, -0.15) is 0 Å². The molecule has 12 heteroatoms. The molecule has 0 radical (unpaired) electrons. The molecule has 6 nitrogen and oxygen atoms in total. The van der Waals surface area contributed by atoms with E-state index in [0.717, 1.165) is 0 Å². The van der Waals surface area contributed by atoms with Gasteiger partial charge >= 0.3 is 15.2 Å². The van der Waals surface area contributed by atoms with E-state index in [1.54, 1.807) is 0 Å². The fourth-order valence-electron chi connectivity index (χ4n) is 0.240. The quantitative estimate of drug-likeness (QED) is 0.564. The summed E-state index contributed by atoms with van der Waals surface area (Å²) in [5.41, 5.74) is 0. The summed E-state index contributed by atoms with van der Waals surface area (Å²) < 4.78 is 19.7. The van der Waals surface area contributed by atoms with E-state index in [0.29, 0.717) is 0 Å². The monoisotopic (exact) mass is 320 g/mol. The third-order valence-electron chi connectivity index (χ3n) is 0.368. The van der Waals surface area contributed by atoms with Gasteiger partial charge in [-0.25, -0.2) is 0 Å². The van der Waals surface area contributed by atoms with Crippen LogP contribution in [0.25, 0.3) is 0 Å². The van der Waals surface area contributed by atoms with Crippen molar-refractivity contribution in [1.82, 2.24) is 0 Å². The van der Waals surface area contributed by atoms with Crippen molar-refractivity contribution in [2.75, 3.05) is 5.90 Å². The lowest BCUT2D eigenvalue weighted by atomic mass is 11.9.